The summed E-state index contributed by atoms with van der Waals surface area (Å²) in [5, 5.41) is 0. The number of ketones is 1. The molecule has 0 atom stereocenters. The summed E-state index contributed by atoms with van der Waals surface area (Å²) in [6, 6.07) is 4.68. The number of hydrogen-bond acceptors (Lipinski definition) is 1. The van der Waals surface area contributed by atoms with Crippen LogP contribution in [0, 0.1) is 0 Å². The van der Waals surface area contributed by atoms with Gasteiger partial charge in [0.05, 0.1) is 0 Å². The average Bonchev–Trinajstić information content (AvgIpc) is 2.74. The first kappa shape index (κ1) is 14.0. The van der Waals surface area contributed by atoms with Crippen molar-refractivity contribution in [3.05, 3.63) is 34.9 Å². The Kier molecular flexibility index (Phi) is 3.36. The minimum absolute atomic E-state index is 0.203. The van der Waals surface area contributed by atoms with Crippen LogP contribution < -0.4 is 0 Å². The molecule has 0 radical (unpaired) electrons. The highest BCUT2D eigenvalue weighted by molar-refractivity contribution is 5.88. The van der Waals surface area contributed by atoms with Crippen molar-refractivity contribution in [3.63, 3.8) is 0 Å². The van der Waals surface area contributed by atoms with Crippen LogP contribution in [0.5, 0.6) is 0 Å². The Morgan fingerprint density at radius 1 is 1.05 bits per heavy atom. The monoisotopic (exact) mass is 278 g/mol. The van der Waals surface area contributed by atoms with Crippen LogP contribution >= 0.6 is 0 Å². The maximum absolute atomic E-state index is 12.8. The third-order valence-corrected chi connectivity index (χ3v) is 3.23. The van der Waals surface area contributed by atoms with Gasteiger partial charge in [-0.2, -0.15) is 22.0 Å². The number of halogens is 5. The molecule has 0 fully saturated rings. The maximum atomic E-state index is 12.8. The van der Waals surface area contributed by atoms with E-state index in [4.69, 9.17) is 0 Å². The van der Waals surface area contributed by atoms with Crippen LogP contribution in [0.1, 0.15) is 23.1 Å². The largest absolute Gasteiger partial charge is 0.461 e. The maximum Gasteiger partial charge on any atom is 0.461 e. The number of carbonyl (C=O) groups is 1. The zero-order valence-electron chi connectivity index (χ0n) is 9.86. The van der Waals surface area contributed by atoms with E-state index in [-0.39, 0.29) is 5.56 Å². The van der Waals surface area contributed by atoms with Crippen LogP contribution in [0.3, 0.4) is 0 Å². The molecule has 1 aliphatic carbocycles. The summed E-state index contributed by atoms with van der Waals surface area (Å²) in [6.45, 7) is 0. The van der Waals surface area contributed by atoms with Gasteiger partial charge < -0.3 is 0 Å². The molecule has 1 aromatic carbocycles. The Bertz CT molecular complexity index is 504. The molecule has 19 heavy (non-hydrogen) atoms. The first-order chi connectivity index (χ1) is 8.72. The van der Waals surface area contributed by atoms with Gasteiger partial charge in [-0.05, 0) is 36.0 Å². The number of rotatable bonds is 3. The lowest BCUT2D eigenvalue weighted by Gasteiger charge is -2.18. The Balaban J connectivity index is 2.16. The van der Waals surface area contributed by atoms with E-state index in [1.54, 1.807) is 12.1 Å². The Morgan fingerprint density at radius 3 is 2.32 bits per heavy atom. The van der Waals surface area contributed by atoms with Gasteiger partial charge in [-0.3, -0.25) is 4.79 Å². The molecule has 0 N–H and O–H groups in total. The highest BCUT2D eigenvalue weighted by Crippen LogP contribution is 2.37. The van der Waals surface area contributed by atoms with E-state index in [0.29, 0.717) is 0 Å². The molecule has 0 bridgehead atoms. The first-order valence-electron chi connectivity index (χ1n) is 5.80. The summed E-state index contributed by atoms with van der Waals surface area (Å²) in [6.07, 6.45) is -4.15. The van der Waals surface area contributed by atoms with E-state index in [2.05, 4.69) is 0 Å². The smallest absolute Gasteiger partial charge is 0.292 e. The second-order valence-electron chi connectivity index (χ2n) is 4.63. The van der Waals surface area contributed by atoms with Crippen LogP contribution in [0.15, 0.2) is 18.2 Å². The summed E-state index contributed by atoms with van der Waals surface area (Å²) < 4.78 is 61.7. The average molecular weight is 278 g/mol. The molecule has 0 aliphatic heterocycles. The SMILES string of the molecule is O=C(Cc1ccc2c(c1)CCC2)C(F)(F)C(F)(F)F. The Labute approximate surface area is 106 Å². The van der Waals surface area contributed by atoms with E-state index < -0.39 is 24.3 Å². The quantitative estimate of drug-likeness (QED) is 0.774. The number of fused-ring (bicyclic) bond motifs is 1. The van der Waals surface area contributed by atoms with Gasteiger partial charge in [0.15, 0.2) is 0 Å². The minimum atomic E-state index is -5.83. The lowest BCUT2D eigenvalue weighted by molar-refractivity contribution is -0.268. The molecular formula is C13H11F5O. The molecule has 0 amide bonds. The topological polar surface area (TPSA) is 17.1 Å². The number of carbonyl (C=O) groups excluding carboxylic acids is 1. The number of Topliss-reactive ketones (excluding diaryl/α,β-unsaturated/α-hetero) is 1. The van der Waals surface area contributed by atoms with Gasteiger partial charge in [0.25, 0.3) is 0 Å². The molecule has 1 nitrogen and oxygen atoms in total. The normalized spacial score (nSPS) is 15.4. The van der Waals surface area contributed by atoms with Crippen molar-refractivity contribution < 1.29 is 26.7 Å². The molecule has 0 saturated carbocycles. The zero-order valence-corrected chi connectivity index (χ0v) is 9.86. The van der Waals surface area contributed by atoms with Crippen LogP contribution in [0.2, 0.25) is 0 Å². The van der Waals surface area contributed by atoms with Crippen LogP contribution in [-0.4, -0.2) is 17.9 Å². The zero-order chi connectivity index (χ0) is 14.3. The summed E-state index contributed by atoms with van der Waals surface area (Å²) in [5.41, 5.74) is 2.20. The van der Waals surface area contributed by atoms with E-state index in [1.807, 2.05) is 0 Å². The Morgan fingerprint density at radius 2 is 1.68 bits per heavy atom. The molecule has 2 rings (SSSR count). The first-order valence-corrected chi connectivity index (χ1v) is 5.80. The number of hydrogen-bond donors (Lipinski definition) is 0. The molecule has 1 aliphatic rings. The lowest BCUT2D eigenvalue weighted by atomic mass is 10.0. The van der Waals surface area contributed by atoms with Crippen molar-refractivity contribution in [3.8, 4) is 0 Å². The molecule has 0 spiro atoms. The van der Waals surface area contributed by atoms with E-state index >= 15 is 0 Å². The van der Waals surface area contributed by atoms with Gasteiger partial charge in [-0.15, -0.1) is 0 Å². The van der Waals surface area contributed by atoms with Gasteiger partial charge in [-0.1, -0.05) is 18.2 Å². The molecule has 0 heterocycles. The fourth-order valence-electron chi connectivity index (χ4n) is 2.19. The van der Waals surface area contributed by atoms with Crippen molar-refractivity contribution in [1.29, 1.82) is 0 Å². The van der Waals surface area contributed by atoms with E-state index in [9.17, 15) is 26.7 Å². The van der Waals surface area contributed by atoms with Crippen molar-refractivity contribution in [2.75, 3.05) is 0 Å². The molecule has 0 aromatic heterocycles. The molecular weight excluding hydrogens is 267 g/mol. The minimum Gasteiger partial charge on any atom is -0.292 e. The molecule has 104 valence electrons. The molecule has 0 saturated heterocycles. The summed E-state index contributed by atoms with van der Waals surface area (Å²) in [4.78, 5) is 11.1. The van der Waals surface area contributed by atoms with Gasteiger partial charge in [-0.25, -0.2) is 0 Å². The highest BCUT2D eigenvalue weighted by Gasteiger charge is 2.62. The van der Waals surface area contributed by atoms with Gasteiger partial charge in [0.2, 0.25) is 5.78 Å². The van der Waals surface area contributed by atoms with Gasteiger partial charge >= 0.3 is 12.1 Å². The predicted molar refractivity (Wildman–Crippen MR) is 58.2 cm³/mol. The standard InChI is InChI=1S/C13H11F5O/c14-12(15,13(16,17)18)11(19)7-8-4-5-9-2-1-3-10(9)6-8/h4-6H,1-3,7H2. The third kappa shape index (κ3) is 2.62. The van der Waals surface area contributed by atoms with Crippen LogP contribution in [0.4, 0.5) is 22.0 Å². The fourth-order valence-corrected chi connectivity index (χ4v) is 2.19. The third-order valence-electron chi connectivity index (χ3n) is 3.23. The van der Waals surface area contributed by atoms with E-state index in [1.165, 1.54) is 6.07 Å². The van der Waals surface area contributed by atoms with Crippen molar-refractivity contribution in [2.24, 2.45) is 0 Å². The summed E-state index contributed by atoms with van der Waals surface area (Å²) in [5.74, 6) is -7.40. The van der Waals surface area contributed by atoms with Crippen molar-refractivity contribution >= 4 is 5.78 Å². The second kappa shape index (κ2) is 4.58. The highest BCUT2D eigenvalue weighted by atomic mass is 19.4. The summed E-state index contributed by atoms with van der Waals surface area (Å²) in [7, 11) is 0. The van der Waals surface area contributed by atoms with Crippen molar-refractivity contribution in [2.45, 2.75) is 37.8 Å². The number of benzene rings is 1. The number of aryl methyl sites for hydroxylation is 2. The summed E-state index contributed by atoms with van der Waals surface area (Å²) >= 11 is 0. The molecule has 6 heteroatoms. The van der Waals surface area contributed by atoms with E-state index in [0.717, 1.165) is 30.4 Å². The van der Waals surface area contributed by atoms with Crippen LogP contribution in [0.25, 0.3) is 0 Å². The van der Waals surface area contributed by atoms with Crippen LogP contribution in [-0.2, 0) is 24.1 Å². The molecule has 0 unspecified atom stereocenters. The second-order valence-corrected chi connectivity index (χ2v) is 4.63. The molecule has 1 aromatic rings. The fraction of sp³-hybridized carbons (Fsp3) is 0.462. The van der Waals surface area contributed by atoms with Gasteiger partial charge in [0, 0.05) is 6.42 Å². The Hall–Kier alpha value is -1.46. The predicted octanol–water partition coefficient (Wildman–Crippen LogP) is 3.48. The van der Waals surface area contributed by atoms with Gasteiger partial charge in [0.1, 0.15) is 0 Å². The lowest BCUT2D eigenvalue weighted by Crippen LogP contribution is -2.44. The number of alkyl halides is 5. The van der Waals surface area contributed by atoms with Crippen molar-refractivity contribution in [1.82, 2.24) is 0 Å².